The first-order valence-electron chi connectivity index (χ1n) is 4.67. The molecule has 1 heterocycles. The van der Waals surface area contributed by atoms with Crippen molar-refractivity contribution in [3.05, 3.63) is 0 Å². The maximum atomic E-state index is 11.5. The minimum atomic E-state index is -0.389. The third kappa shape index (κ3) is 2.34. The molecule has 1 amide bonds. The fraction of sp³-hybridized carbons (Fsp3) is 0.889. The molecule has 4 nitrogen and oxygen atoms in total. The highest BCUT2D eigenvalue weighted by atomic mass is 16.6. The predicted molar refractivity (Wildman–Crippen MR) is 48.6 cm³/mol. The molecule has 1 aliphatic rings. The molecule has 0 aromatic carbocycles. The van der Waals surface area contributed by atoms with Crippen LogP contribution in [0.5, 0.6) is 0 Å². The third-order valence-corrected chi connectivity index (χ3v) is 2.17. The second-order valence-electron chi connectivity index (χ2n) is 3.48. The van der Waals surface area contributed by atoms with E-state index in [1.807, 2.05) is 20.8 Å². The van der Waals surface area contributed by atoms with Gasteiger partial charge in [0.1, 0.15) is 0 Å². The summed E-state index contributed by atoms with van der Waals surface area (Å²) in [6.07, 6.45) is -0.240. The normalized spacial score (nSPS) is 19.0. The van der Waals surface area contributed by atoms with E-state index in [1.165, 1.54) is 0 Å². The van der Waals surface area contributed by atoms with Gasteiger partial charge in [0.2, 0.25) is 0 Å². The van der Waals surface area contributed by atoms with Gasteiger partial charge in [0.05, 0.1) is 13.2 Å². The van der Waals surface area contributed by atoms with Gasteiger partial charge in [-0.1, -0.05) is 0 Å². The van der Waals surface area contributed by atoms with Crippen LogP contribution >= 0.6 is 0 Å². The SMILES string of the molecule is CCN(CC)C(=O)OC1(C)COC1. The molecule has 0 aliphatic carbocycles. The van der Waals surface area contributed by atoms with Crippen LogP contribution in [0, 0.1) is 0 Å². The fourth-order valence-electron chi connectivity index (χ4n) is 1.21. The molecule has 1 aliphatic heterocycles. The largest absolute Gasteiger partial charge is 0.438 e. The van der Waals surface area contributed by atoms with Crippen LogP contribution in [-0.2, 0) is 9.47 Å². The minimum Gasteiger partial charge on any atom is -0.438 e. The van der Waals surface area contributed by atoms with Gasteiger partial charge in [-0.2, -0.15) is 0 Å². The molecule has 1 saturated heterocycles. The molecule has 1 fully saturated rings. The molecule has 0 unspecified atom stereocenters. The molecule has 4 heteroatoms. The summed E-state index contributed by atoms with van der Waals surface area (Å²) < 4.78 is 10.3. The number of carbonyl (C=O) groups excluding carboxylic acids is 1. The monoisotopic (exact) mass is 187 g/mol. The summed E-state index contributed by atoms with van der Waals surface area (Å²) in [4.78, 5) is 13.1. The zero-order chi connectivity index (χ0) is 9.90. The number of carbonyl (C=O) groups is 1. The summed E-state index contributed by atoms with van der Waals surface area (Å²) in [5.41, 5.74) is -0.389. The zero-order valence-electron chi connectivity index (χ0n) is 8.50. The quantitative estimate of drug-likeness (QED) is 0.667. The van der Waals surface area contributed by atoms with E-state index in [0.717, 1.165) is 0 Å². The standard InChI is InChI=1S/C9H17NO3/c1-4-10(5-2)8(11)13-9(3)6-12-7-9/h4-7H2,1-3H3. The number of nitrogens with zero attached hydrogens (tertiary/aromatic N) is 1. The molecule has 13 heavy (non-hydrogen) atoms. The summed E-state index contributed by atoms with van der Waals surface area (Å²) >= 11 is 0. The average molecular weight is 187 g/mol. The van der Waals surface area contributed by atoms with Gasteiger partial charge in [-0.05, 0) is 20.8 Å². The van der Waals surface area contributed by atoms with Crippen LogP contribution in [0.25, 0.3) is 0 Å². The van der Waals surface area contributed by atoms with Crippen molar-refractivity contribution in [2.75, 3.05) is 26.3 Å². The van der Waals surface area contributed by atoms with Crippen molar-refractivity contribution in [1.29, 1.82) is 0 Å². The topological polar surface area (TPSA) is 38.8 Å². The summed E-state index contributed by atoms with van der Waals surface area (Å²) in [7, 11) is 0. The number of hydrogen-bond donors (Lipinski definition) is 0. The van der Waals surface area contributed by atoms with Crippen molar-refractivity contribution in [3.63, 3.8) is 0 Å². The molecule has 0 atom stereocenters. The van der Waals surface area contributed by atoms with E-state index in [0.29, 0.717) is 26.3 Å². The van der Waals surface area contributed by atoms with E-state index < -0.39 is 0 Å². The van der Waals surface area contributed by atoms with Crippen molar-refractivity contribution in [3.8, 4) is 0 Å². The molecule has 76 valence electrons. The Labute approximate surface area is 78.8 Å². The van der Waals surface area contributed by atoms with Gasteiger partial charge in [-0.25, -0.2) is 4.79 Å². The van der Waals surface area contributed by atoms with Crippen LogP contribution in [-0.4, -0.2) is 42.9 Å². The highest BCUT2D eigenvalue weighted by Crippen LogP contribution is 2.21. The molecule has 0 spiro atoms. The Hall–Kier alpha value is -0.770. The van der Waals surface area contributed by atoms with Crippen LogP contribution in [0.1, 0.15) is 20.8 Å². The van der Waals surface area contributed by atoms with E-state index in [4.69, 9.17) is 9.47 Å². The van der Waals surface area contributed by atoms with Crippen LogP contribution in [0.2, 0.25) is 0 Å². The second kappa shape index (κ2) is 3.96. The Morgan fingerprint density at radius 2 is 2.00 bits per heavy atom. The fourth-order valence-corrected chi connectivity index (χ4v) is 1.21. The van der Waals surface area contributed by atoms with Gasteiger partial charge in [-0.15, -0.1) is 0 Å². The summed E-state index contributed by atoms with van der Waals surface area (Å²) in [5, 5.41) is 0. The predicted octanol–water partition coefficient (Wildman–Crippen LogP) is 1.25. The molecule has 0 saturated carbocycles. The maximum Gasteiger partial charge on any atom is 0.410 e. The second-order valence-corrected chi connectivity index (χ2v) is 3.48. The lowest BCUT2D eigenvalue weighted by Gasteiger charge is -2.38. The number of hydrogen-bond acceptors (Lipinski definition) is 3. The molecule has 0 N–H and O–H groups in total. The number of ether oxygens (including phenoxy) is 2. The average Bonchev–Trinajstić information content (AvgIpc) is 2.04. The molecule has 0 aromatic rings. The van der Waals surface area contributed by atoms with Gasteiger partial charge < -0.3 is 14.4 Å². The van der Waals surface area contributed by atoms with Gasteiger partial charge in [0.25, 0.3) is 0 Å². The summed E-state index contributed by atoms with van der Waals surface area (Å²) in [6, 6.07) is 0. The smallest absolute Gasteiger partial charge is 0.410 e. The Morgan fingerprint density at radius 3 is 2.31 bits per heavy atom. The van der Waals surface area contributed by atoms with Crippen LogP contribution in [0.4, 0.5) is 4.79 Å². The summed E-state index contributed by atoms with van der Waals surface area (Å²) in [5.74, 6) is 0. The molecule has 0 radical (unpaired) electrons. The Balaban J connectivity index is 2.39. The number of rotatable bonds is 3. The van der Waals surface area contributed by atoms with Crippen LogP contribution in [0.3, 0.4) is 0 Å². The lowest BCUT2D eigenvalue weighted by atomic mass is 10.1. The highest BCUT2D eigenvalue weighted by Gasteiger charge is 2.38. The Kier molecular flexibility index (Phi) is 3.14. The molecule has 0 bridgehead atoms. The van der Waals surface area contributed by atoms with Gasteiger partial charge in [0, 0.05) is 13.1 Å². The Morgan fingerprint density at radius 1 is 1.46 bits per heavy atom. The highest BCUT2D eigenvalue weighted by molar-refractivity contribution is 5.68. The van der Waals surface area contributed by atoms with E-state index in [-0.39, 0.29) is 11.7 Å². The van der Waals surface area contributed by atoms with Crippen molar-refractivity contribution in [2.24, 2.45) is 0 Å². The molecular weight excluding hydrogens is 170 g/mol. The van der Waals surface area contributed by atoms with Crippen molar-refractivity contribution in [2.45, 2.75) is 26.4 Å². The van der Waals surface area contributed by atoms with Crippen molar-refractivity contribution < 1.29 is 14.3 Å². The van der Waals surface area contributed by atoms with Crippen molar-refractivity contribution in [1.82, 2.24) is 4.90 Å². The van der Waals surface area contributed by atoms with Gasteiger partial charge in [0.15, 0.2) is 5.60 Å². The van der Waals surface area contributed by atoms with E-state index in [9.17, 15) is 4.79 Å². The summed E-state index contributed by atoms with van der Waals surface area (Å²) in [6.45, 7) is 8.16. The lowest BCUT2D eigenvalue weighted by Crippen LogP contribution is -2.52. The first-order valence-corrected chi connectivity index (χ1v) is 4.67. The van der Waals surface area contributed by atoms with Gasteiger partial charge >= 0.3 is 6.09 Å². The first-order chi connectivity index (χ1) is 6.11. The van der Waals surface area contributed by atoms with Gasteiger partial charge in [-0.3, -0.25) is 0 Å². The molecule has 1 rings (SSSR count). The molecular formula is C9H17NO3. The zero-order valence-corrected chi connectivity index (χ0v) is 8.50. The lowest BCUT2D eigenvalue weighted by molar-refractivity contribution is -0.171. The van der Waals surface area contributed by atoms with Crippen molar-refractivity contribution >= 4 is 6.09 Å². The molecule has 0 aromatic heterocycles. The van der Waals surface area contributed by atoms with Crippen LogP contribution < -0.4 is 0 Å². The van der Waals surface area contributed by atoms with Crippen LogP contribution in [0.15, 0.2) is 0 Å². The minimum absolute atomic E-state index is 0.240. The first kappa shape index (κ1) is 10.3. The van der Waals surface area contributed by atoms with E-state index >= 15 is 0 Å². The van der Waals surface area contributed by atoms with E-state index in [1.54, 1.807) is 4.90 Å². The number of amides is 1. The third-order valence-electron chi connectivity index (χ3n) is 2.17. The maximum absolute atomic E-state index is 11.5. The Bertz CT molecular complexity index is 185. The van der Waals surface area contributed by atoms with E-state index in [2.05, 4.69) is 0 Å².